The van der Waals surface area contributed by atoms with E-state index >= 15 is 0 Å². The molecule has 9 heteroatoms. The van der Waals surface area contributed by atoms with Crippen molar-refractivity contribution in [2.75, 3.05) is 0 Å². The van der Waals surface area contributed by atoms with Gasteiger partial charge < -0.3 is 9.88 Å². The zero-order valence-electron chi connectivity index (χ0n) is 15.1. The highest BCUT2D eigenvalue weighted by atomic mass is 19.4. The Balaban J connectivity index is 1.58. The molecule has 0 radical (unpaired) electrons. The summed E-state index contributed by atoms with van der Waals surface area (Å²) in [6.07, 6.45) is 2.02. The summed E-state index contributed by atoms with van der Waals surface area (Å²) in [6.45, 7) is -0.132. The molecule has 0 fully saturated rings. The van der Waals surface area contributed by atoms with Crippen molar-refractivity contribution in [2.24, 2.45) is 10.7 Å². The van der Waals surface area contributed by atoms with Crippen molar-refractivity contribution < 1.29 is 17.6 Å². The molecule has 29 heavy (non-hydrogen) atoms. The maximum absolute atomic E-state index is 14.1. The van der Waals surface area contributed by atoms with Gasteiger partial charge in [0.25, 0.3) is 0 Å². The molecule has 1 unspecified atom stereocenters. The second-order valence-electron chi connectivity index (χ2n) is 6.76. The average molecular weight is 403 g/mol. The number of aromatic amines is 1. The molecule has 0 saturated heterocycles. The molecule has 0 amide bonds. The Bertz CT molecular complexity index is 1100. The van der Waals surface area contributed by atoms with E-state index in [9.17, 15) is 17.6 Å². The average Bonchev–Trinajstić information content (AvgIpc) is 3.08. The fraction of sp³-hybridized carbons (Fsp3) is 0.200. The van der Waals surface area contributed by atoms with Crippen molar-refractivity contribution in [3.63, 3.8) is 0 Å². The van der Waals surface area contributed by atoms with Crippen molar-refractivity contribution in [2.45, 2.75) is 25.4 Å². The molecule has 0 bridgehead atoms. The van der Waals surface area contributed by atoms with Crippen LogP contribution in [0.5, 0.6) is 0 Å². The topological polar surface area (TPSA) is 70.3 Å². The smallest absolute Gasteiger partial charge is 0.346 e. The Kier molecular flexibility index (Phi) is 4.83. The molecule has 5 nitrogen and oxygen atoms in total. The van der Waals surface area contributed by atoms with Crippen LogP contribution in [-0.2, 0) is 19.1 Å². The Morgan fingerprint density at radius 3 is 2.79 bits per heavy atom. The number of aliphatic imine (C=N–C) groups is 1. The predicted octanol–water partition coefficient (Wildman–Crippen LogP) is 3.98. The largest absolute Gasteiger partial charge is 0.416 e. The number of halogens is 4. The fourth-order valence-electron chi connectivity index (χ4n) is 3.26. The molecule has 3 aromatic rings. The Labute approximate surface area is 163 Å². The van der Waals surface area contributed by atoms with Crippen LogP contribution in [0.1, 0.15) is 16.7 Å². The Morgan fingerprint density at radius 2 is 2.00 bits per heavy atom. The molecule has 1 aromatic carbocycles. The summed E-state index contributed by atoms with van der Waals surface area (Å²) in [4.78, 5) is 13.0. The SMILES string of the molecule is NC1N=CC(Cc2c[nH]c3ncccc23)=CN1Cc1cc(C(F)(F)F)ccc1F. The van der Waals surface area contributed by atoms with Crippen LogP contribution in [0.4, 0.5) is 17.6 Å². The highest BCUT2D eigenvalue weighted by Gasteiger charge is 2.31. The van der Waals surface area contributed by atoms with Gasteiger partial charge in [-0.2, -0.15) is 13.2 Å². The van der Waals surface area contributed by atoms with Crippen molar-refractivity contribution in [1.29, 1.82) is 0 Å². The first-order chi connectivity index (χ1) is 13.8. The molecule has 2 aromatic heterocycles. The van der Waals surface area contributed by atoms with E-state index in [4.69, 9.17) is 5.73 Å². The highest BCUT2D eigenvalue weighted by molar-refractivity contribution is 5.84. The first kappa shape index (κ1) is 19.1. The van der Waals surface area contributed by atoms with Crippen LogP contribution in [0, 0.1) is 5.82 Å². The summed E-state index contributed by atoms with van der Waals surface area (Å²) in [7, 11) is 0. The second-order valence-corrected chi connectivity index (χ2v) is 6.76. The van der Waals surface area contributed by atoms with Crippen molar-refractivity contribution in [1.82, 2.24) is 14.9 Å². The molecular formula is C20H17F4N5. The van der Waals surface area contributed by atoms with Gasteiger partial charge in [-0.25, -0.2) is 9.37 Å². The standard InChI is InChI=1S/C20H17F4N5/c21-17-4-3-15(20(22,23)24)7-14(17)11-29-10-12(8-28-19(29)25)6-13-9-27-18-16(13)2-1-5-26-18/h1-5,7-10,19H,6,11,25H2,(H,26,27). The first-order valence-electron chi connectivity index (χ1n) is 8.83. The number of fused-ring (bicyclic) bond motifs is 1. The third-order valence-corrected chi connectivity index (χ3v) is 4.72. The summed E-state index contributed by atoms with van der Waals surface area (Å²) >= 11 is 0. The van der Waals surface area contributed by atoms with Gasteiger partial charge in [-0.3, -0.25) is 10.7 Å². The molecule has 1 aliphatic heterocycles. The number of hydrogen-bond acceptors (Lipinski definition) is 4. The minimum Gasteiger partial charge on any atom is -0.346 e. The van der Waals surface area contributed by atoms with Gasteiger partial charge in [0.05, 0.1) is 5.56 Å². The van der Waals surface area contributed by atoms with Crippen LogP contribution in [0.15, 0.2) is 59.5 Å². The quantitative estimate of drug-likeness (QED) is 0.648. The van der Waals surface area contributed by atoms with Gasteiger partial charge in [0.15, 0.2) is 6.29 Å². The Morgan fingerprint density at radius 1 is 1.17 bits per heavy atom. The summed E-state index contributed by atoms with van der Waals surface area (Å²) in [5.41, 5.74) is 7.49. The van der Waals surface area contributed by atoms with E-state index in [1.54, 1.807) is 18.6 Å². The van der Waals surface area contributed by atoms with Crippen molar-refractivity contribution in [3.05, 3.63) is 77.0 Å². The number of rotatable bonds is 4. The molecular weight excluding hydrogens is 386 g/mol. The molecule has 3 N–H and O–H groups in total. The molecule has 3 heterocycles. The maximum atomic E-state index is 14.1. The van der Waals surface area contributed by atoms with E-state index in [0.29, 0.717) is 6.42 Å². The predicted molar refractivity (Wildman–Crippen MR) is 101 cm³/mol. The number of aromatic nitrogens is 2. The number of nitrogens with zero attached hydrogens (tertiary/aromatic N) is 3. The lowest BCUT2D eigenvalue weighted by atomic mass is 10.1. The van der Waals surface area contributed by atoms with Gasteiger partial charge in [-0.05, 0) is 41.5 Å². The second kappa shape index (κ2) is 7.32. The normalized spacial score (nSPS) is 17.1. The summed E-state index contributed by atoms with van der Waals surface area (Å²) in [5, 5.41) is 0.965. The van der Waals surface area contributed by atoms with Gasteiger partial charge in [0.2, 0.25) is 0 Å². The number of alkyl halides is 3. The van der Waals surface area contributed by atoms with Gasteiger partial charge in [0.1, 0.15) is 11.5 Å². The van der Waals surface area contributed by atoms with E-state index in [1.807, 2.05) is 18.3 Å². The van der Waals surface area contributed by atoms with Crippen LogP contribution in [-0.4, -0.2) is 27.4 Å². The van der Waals surface area contributed by atoms with Gasteiger partial charge in [0, 0.05) is 48.7 Å². The minimum absolute atomic E-state index is 0.0979. The lowest BCUT2D eigenvalue weighted by molar-refractivity contribution is -0.137. The number of nitrogens with one attached hydrogen (secondary N) is 1. The summed E-state index contributed by atoms with van der Waals surface area (Å²) < 4.78 is 53.0. The van der Waals surface area contributed by atoms with Crippen LogP contribution in [0.2, 0.25) is 0 Å². The van der Waals surface area contributed by atoms with Crippen molar-refractivity contribution in [3.8, 4) is 0 Å². The van der Waals surface area contributed by atoms with Crippen LogP contribution in [0.3, 0.4) is 0 Å². The summed E-state index contributed by atoms with van der Waals surface area (Å²) in [6, 6.07) is 6.12. The van der Waals surface area contributed by atoms with Crippen molar-refractivity contribution >= 4 is 17.2 Å². The number of hydrogen-bond donors (Lipinski definition) is 2. The maximum Gasteiger partial charge on any atom is 0.416 e. The number of allylic oxidation sites excluding steroid dienone is 1. The van der Waals surface area contributed by atoms with E-state index < -0.39 is 23.8 Å². The zero-order valence-corrected chi connectivity index (χ0v) is 15.1. The molecule has 1 aliphatic rings. The third-order valence-electron chi connectivity index (χ3n) is 4.72. The molecule has 4 rings (SSSR count). The summed E-state index contributed by atoms with van der Waals surface area (Å²) in [5.74, 6) is -0.725. The number of benzene rings is 1. The van der Waals surface area contributed by atoms with E-state index in [1.165, 1.54) is 4.90 Å². The first-order valence-corrected chi connectivity index (χ1v) is 8.83. The molecule has 0 spiro atoms. The monoisotopic (exact) mass is 403 g/mol. The number of nitrogens with two attached hydrogens (primary N) is 1. The molecule has 0 saturated carbocycles. The van der Waals surface area contributed by atoms with E-state index in [0.717, 1.165) is 40.4 Å². The van der Waals surface area contributed by atoms with Gasteiger partial charge in [-0.15, -0.1) is 0 Å². The highest BCUT2D eigenvalue weighted by Crippen LogP contribution is 2.31. The number of pyridine rings is 1. The van der Waals surface area contributed by atoms with Gasteiger partial charge >= 0.3 is 6.18 Å². The number of H-pyrrole nitrogens is 1. The minimum atomic E-state index is -4.55. The van der Waals surface area contributed by atoms with Crippen LogP contribution >= 0.6 is 0 Å². The van der Waals surface area contributed by atoms with Crippen LogP contribution in [0.25, 0.3) is 11.0 Å². The zero-order chi connectivity index (χ0) is 20.6. The fourth-order valence-corrected chi connectivity index (χ4v) is 3.26. The molecule has 150 valence electrons. The lowest BCUT2D eigenvalue weighted by Gasteiger charge is -2.29. The Hall–Kier alpha value is -3.20. The van der Waals surface area contributed by atoms with E-state index in [-0.39, 0.29) is 12.1 Å². The third kappa shape index (κ3) is 4.00. The molecule has 1 atom stereocenters. The van der Waals surface area contributed by atoms with Gasteiger partial charge in [-0.1, -0.05) is 0 Å². The molecule has 0 aliphatic carbocycles. The van der Waals surface area contributed by atoms with E-state index in [2.05, 4.69) is 15.0 Å². The lowest BCUT2D eigenvalue weighted by Crippen LogP contribution is -2.39. The van der Waals surface area contributed by atoms with Crippen LogP contribution < -0.4 is 5.73 Å².